The van der Waals surface area contributed by atoms with Gasteiger partial charge in [-0.2, -0.15) is 4.31 Å². The Balaban J connectivity index is 1.87. The van der Waals surface area contributed by atoms with Crippen LogP contribution in [0.2, 0.25) is 0 Å². The Morgan fingerprint density at radius 3 is 2.58 bits per heavy atom. The first-order valence-corrected chi connectivity index (χ1v) is 10.4. The topological polar surface area (TPSA) is 86.7 Å². The molecule has 1 saturated heterocycles. The van der Waals surface area contributed by atoms with Crippen molar-refractivity contribution in [2.45, 2.75) is 17.7 Å². The van der Waals surface area contributed by atoms with Gasteiger partial charge in [-0.1, -0.05) is 0 Å². The van der Waals surface area contributed by atoms with Gasteiger partial charge in [0.05, 0.1) is 19.9 Å². The summed E-state index contributed by atoms with van der Waals surface area (Å²) in [6.07, 6.45) is 1.68. The lowest BCUT2D eigenvalue weighted by Crippen LogP contribution is -2.27. The Bertz CT molecular complexity index is 873. The average Bonchev–Trinajstić information content (AvgIpc) is 3.20. The minimum Gasteiger partial charge on any atom is -0.506 e. The first-order chi connectivity index (χ1) is 11.4. The summed E-state index contributed by atoms with van der Waals surface area (Å²) in [5.74, 6) is -0.596. The van der Waals surface area contributed by atoms with Gasteiger partial charge in [-0.05, 0) is 53.0 Å². The Hall–Kier alpha value is -1.42. The number of aromatic hydroxyl groups is 1. The summed E-state index contributed by atoms with van der Waals surface area (Å²) in [6.45, 7) is 0.988. The van der Waals surface area contributed by atoms with E-state index < -0.39 is 15.9 Å². The van der Waals surface area contributed by atoms with Crippen LogP contribution in [0.1, 0.15) is 23.2 Å². The molecule has 0 atom stereocenters. The van der Waals surface area contributed by atoms with Crippen molar-refractivity contribution >= 4 is 48.9 Å². The summed E-state index contributed by atoms with van der Waals surface area (Å²) >= 11 is 4.64. The van der Waals surface area contributed by atoms with Gasteiger partial charge in [0.1, 0.15) is 5.75 Å². The first kappa shape index (κ1) is 17.4. The van der Waals surface area contributed by atoms with Crippen molar-refractivity contribution in [3.63, 3.8) is 0 Å². The molecule has 2 heterocycles. The predicted octanol–water partition coefficient (Wildman–Crippen LogP) is 3.25. The number of rotatable bonds is 4. The number of hydrogen-bond acceptors (Lipinski definition) is 5. The number of nitrogens with one attached hydrogen (secondary N) is 1. The molecule has 1 fully saturated rings. The molecule has 1 amide bonds. The summed E-state index contributed by atoms with van der Waals surface area (Å²) in [6, 6.07) is 5.58. The number of halogens is 1. The molecule has 24 heavy (non-hydrogen) atoms. The van der Waals surface area contributed by atoms with Crippen molar-refractivity contribution in [2.24, 2.45) is 0 Å². The zero-order chi connectivity index (χ0) is 17.3. The average molecular weight is 431 g/mol. The Morgan fingerprint density at radius 1 is 1.25 bits per heavy atom. The van der Waals surface area contributed by atoms with Gasteiger partial charge in [0.2, 0.25) is 10.0 Å². The van der Waals surface area contributed by atoms with Crippen LogP contribution in [0, 0.1) is 0 Å². The molecular weight excluding hydrogens is 416 g/mol. The van der Waals surface area contributed by atoms with E-state index in [-0.39, 0.29) is 16.3 Å². The fourth-order valence-electron chi connectivity index (χ4n) is 2.48. The second kappa shape index (κ2) is 6.83. The molecule has 1 aliphatic heterocycles. The number of phenolic OH excluding ortho intramolecular Hbond substituents is 1. The molecule has 1 aromatic carbocycles. The van der Waals surface area contributed by atoms with Crippen LogP contribution in [0.15, 0.2) is 38.3 Å². The number of nitrogens with zero attached hydrogens (tertiary/aromatic N) is 1. The standard InChI is InChI=1S/C15H15BrN2O4S2/c16-14-7-10(9-23-14)15(20)17-12-8-11(3-4-13(12)19)24(21,22)18-5-1-2-6-18/h3-4,7-9,19H,1-2,5-6H2,(H,17,20). The minimum atomic E-state index is -3.61. The van der Waals surface area contributed by atoms with Crippen molar-refractivity contribution in [2.75, 3.05) is 18.4 Å². The largest absolute Gasteiger partial charge is 0.506 e. The molecule has 2 N–H and O–H groups in total. The van der Waals surface area contributed by atoms with Crippen LogP contribution in [0.3, 0.4) is 0 Å². The number of carbonyl (C=O) groups is 1. The van der Waals surface area contributed by atoms with Crippen LogP contribution in [0.4, 0.5) is 5.69 Å². The van der Waals surface area contributed by atoms with E-state index >= 15 is 0 Å². The monoisotopic (exact) mass is 430 g/mol. The quantitative estimate of drug-likeness (QED) is 0.728. The van der Waals surface area contributed by atoms with Crippen LogP contribution in [0.25, 0.3) is 0 Å². The Morgan fingerprint density at radius 2 is 1.96 bits per heavy atom. The normalized spacial score (nSPS) is 15.5. The number of thiophene rings is 1. The van der Waals surface area contributed by atoms with Gasteiger partial charge in [0.25, 0.3) is 5.91 Å². The molecule has 0 unspecified atom stereocenters. The highest BCUT2D eigenvalue weighted by molar-refractivity contribution is 9.11. The van der Waals surface area contributed by atoms with Crippen molar-refractivity contribution in [3.8, 4) is 5.75 Å². The maximum absolute atomic E-state index is 12.6. The van der Waals surface area contributed by atoms with Crippen LogP contribution >= 0.6 is 27.3 Å². The number of anilines is 1. The molecule has 1 aromatic heterocycles. The van der Waals surface area contributed by atoms with Crippen LogP contribution < -0.4 is 5.32 Å². The summed E-state index contributed by atoms with van der Waals surface area (Å²) < 4.78 is 27.4. The number of amides is 1. The fourth-order valence-corrected chi connectivity index (χ4v) is 5.16. The van der Waals surface area contributed by atoms with Gasteiger partial charge < -0.3 is 10.4 Å². The summed E-state index contributed by atoms with van der Waals surface area (Å²) in [5.41, 5.74) is 0.502. The third-order valence-corrected chi connectivity index (χ3v) is 7.15. The summed E-state index contributed by atoms with van der Waals surface area (Å²) in [7, 11) is -3.61. The number of hydrogen-bond donors (Lipinski definition) is 2. The van der Waals surface area contributed by atoms with Gasteiger partial charge in [-0.25, -0.2) is 8.42 Å². The van der Waals surface area contributed by atoms with E-state index in [9.17, 15) is 18.3 Å². The highest BCUT2D eigenvalue weighted by atomic mass is 79.9. The van der Waals surface area contributed by atoms with Gasteiger partial charge in [0, 0.05) is 18.5 Å². The van der Waals surface area contributed by atoms with Gasteiger partial charge in [0.15, 0.2) is 0 Å². The lowest BCUT2D eigenvalue weighted by Gasteiger charge is -2.16. The SMILES string of the molecule is O=C(Nc1cc(S(=O)(=O)N2CCCC2)ccc1O)c1csc(Br)c1. The molecule has 0 radical (unpaired) electrons. The lowest BCUT2D eigenvalue weighted by atomic mass is 10.2. The maximum atomic E-state index is 12.6. The lowest BCUT2D eigenvalue weighted by molar-refractivity contribution is 0.102. The van der Waals surface area contributed by atoms with Crippen LogP contribution in [-0.2, 0) is 10.0 Å². The summed E-state index contributed by atoms with van der Waals surface area (Å²) in [5, 5.41) is 14.2. The highest BCUT2D eigenvalue weighted by Crippen LogP contribution is 2.30. The van der Waals surface area contributed by atoms with E-state index in [0.717, 1.165) is 16.6 Å². The highest BCUT2D eigenvalue weighted by Gasteiger charge is 2.28. The number of phenols is 1. The molecular formula is C15H15BrN2O4S2. The van der Waals surface area contributed by atoms with Gasteiger partial charge in [-0.15, -0.1) is 11.3 Å². The van der Waals surface area contributed by atoms with E-state index in [1.807, 2.05) is 0 Å². The molecule has 128 valence electrons. The third-order valence-electron chi connectivity index (χ3n) is 3.75. The van der Waals surface area contributed by atoms with Gasteiger partial charge >= 0.3 is 0 Å². The molecule has 0 saturated carbocycles. The molecule has 9 heteroatoms. The molecule has 0 aliphatic carbocycles. The molecule has 0 bridgehead atoms. The second-order valence-corrected chi connectivity index (χ2v) is 9.61. The zero-order valence-corrected chi connectivity index (χ0v) is 15.7. The van der Waals surface area contributed by atoms with Crippen LogP contribution in [-0.4, -0.2) is 36.8 Å². The van der Waals surface area contributed by atoms with E-state index in [1.165, 1.54) is 33.8 Å². The van der Waals surface area contributed by atoms with Crippen molar-refractivity contribution in [1.82, 2.24) is 4.31 Å². The smallest absolute Gasteiger partial charge is 0.256 e. The molecule has 6 nitrogen and oxygen atoms in total. The minimum absolute atomic E-state index is 0.0593. The Kier molecular flexibility index (Phi) is 4.95. The van der Waals surface area contributed by atoms with Crippen molar-refractivity contribution in [1.29, 1.82) is 0 Å². The van der Waals surface area contributed by atoms with Crippen molar-refractivity contribution in [3.05, 3.63) is 39.0 Å². The fraction of sp³-hybridized carbons (Fsp3) is 0.267. The Labute approximate surface area is 152 Å². The maximum Gasteiger partial charge on any atom is 0.256 e. The molecule has 3 rings (SSSR count). The predicted molar refractivity (Wildman–Crippen MR) is 96.1 cm³/mol. The molecule has 1 aliphatic rings. The third kappa shape index (κ3) is 3.49. The second-order valence-electron chi connectivity index (χ2n) is 5.38. The number of sulfonamides is 1. The van der Waals surface area contributed by atoms with E-state index in [2.05, 4.69) is 21.2 Å². The first-order valence-electron chi connectivity index (χ1n) is 7.26. The zero-order valence-electron chi connectivity index (χ0n) is 12.5. The van der Waals surface area contributed by atoms with Crippen LogP contribution in [0.5, 0.6) is 5.75 Å². The molecule has 0 spiro atoms. The summed E-state index contributed by atoms with van der Waals surface area (Å²) in [4.78, 5) is 12.3. The number of benzene rings is 1. The van der Waals surface area contributed by atoms with E-state index in [0.29, 0.717) is 18.7 Å². The molecule has 2 aromatic rings. The van der Waals surface area contributed by atoms with Crippen molar-refractivity contribution < 1.29 is 18.3 Å². The van der Waals surface area contributed by atoms with E-state index in [4.69, 9.17) is 0 Å². The van der Waals surface area contributed by atoms with Gasteiger partial charge in [-0.3, -0.25) is 4.79 Å². The number of carbonyl (C=O) groups excluding carboxylic acids is 1. The van der Waals surface area contributed by atoms with E-state index in [1.54, 1.807) is 11.4 Å².